The van der Waals surface area contributed by atoms with Crippen molar-refractivity contribution in [1.82, 2.24) is 14.9 Å². The molecule has 0 radical (unpaired) electrons. The molecule has 1 aromatic heterocycles. The molecule has 164 valence electrons. The number of carbonyl (C=O) groups excluding carboxylic acids is 1. The zero-order valence-electron chi connectivity index (χ0n) is 17.1. The van der Waals surface area contributed by atoms with E-state index >= 15 is 0 Å². The van der Waals surface area contributed by atoms with Gasteiger partial charge in [0.1, 0.15) is 5.82 Å². The minimum absolute atomic E-state index is 0.0310. The molecule has 0 spiro atoms. The number of urea groups is 1. The van der Waals surface area contributed by atoms with E-state index in [1.54, 1.807) is 4.90 Å². The second-order valence-electron chi connectivity index (χ2n) is 7.98. The van der Waals surface area contributed by atoms with Crippen molar-refractivity contribution in [3.05, 3.63) is 57.9 Å². The normalized spacial score (nSPS) is 17.2. The van der Waals surface area contributed by atoms with Crippen molar-refractivity contribution in [2.45, 2.75) is 38.8 Å². The Bertz CT molecular complexity index is 1100. The number of alkyl halides is 3. The number of hydrogen-bond acceptors (Lipinski definition) is 2. The number of aromatic nitrogens is 2. The number of halogens is 4. The van der Waals surface area contributed by atoms with E-state index in [0.717, 1.165) is 47.4 Å². The third kappa shape index (κ3) is 4.49. The lowest BCUT2D eigenvalue weighted by atomic mass is 9.97. The summed E-state index contributed by atoms with van der Waals surface area (Å²) in [4.78, 5) is 22.4. The van der Waals surface area contributed by atoms with E-state index in [9.17, 15) is 18.0 Å². The number of aryl methyl sites for hydroxylation is 2. The molecule has 1 aliphatic rings. The summed E-state index contributed by atoms with van der Waals surface area (Å²) in [5.41, 5.74) is 3.26. The zero-order chi connectivity index (χ0) is 22.3. The van der Waals surface area contributed by atoms with Gasteiger partial charge >= 0.3 is 12.2 Å². The smallest absolute Gasteiger partial charge is 0.342 e. The summed E-state index contributed by atoms with van der Waals surface area (Å²) in [5.74, 6) is 0.854. The average Bonchev–Trinajstić information content (AvgIpc) is 3.11. The van der Waals surface area contributed by atoms with Crippen LogP contribution in [0.2, 0.25) is 5.02 Å². The first-order valence-corrected chi connectivity index (χ1v) is 10.4. The van der Waals surface area contributed by atoms with Crippen molar-refractivity contribution in [2.75, 3.05) is 18.4 Å². The van der Waals surface area contributed by atoms with Gasteiger partial charge in [0.25, 0.3) is 0 Å². The molecule has 2 amide bonds. The molecule has 1 saturated heterocycles. The molecule has 2 N–H and O–H groups in total. The van der Waals surface area contributed by atoms with Gasteiger partial charge in [-0.05, 0) is 68.1 Å². The summed E-state index contributed by atoms with van der Waals surface area (Å²) in [7, 11) is 0. The van der Waals surface area contributed by atoms with E-state index in [-0.39, 0.29) is 11.6 Å². The maximum Gasteiger partial charge on any atom is 0.417 e. The second kappa shape index (κ2) is 8.07. The Labute approximate surface area is 182 Å². The van der Waals surface area contributed by atoms with Crippen molar-refractivity contribution in [1.29, 1.82) is 0 Å². The number of hydrogen-bond donors (Lipinski definition) is 2. The van der Waals surface area contributed by atoms with Crippen molar-refractivity contribution in [2.24, 2.45) is 0 Å². The SMILES string of the molecule is Cc1cc2nc([C@H]3CCCN(C(=O)Nc4ccc(Cl)c(C(F)(F)F)c4)C3)[nH]c2cc1C. The lowest BCUT2D eigenvalue weighted by Crippen LogP contribution is -2.41. The molecule has 2 heterocycles. The molecule has 0 bridgehead atoms. The molecule has 0 saturated carbocycles. The third-order valence-electron chi connectivity index (χ3n) is 5.73. The van der Waals surface area contributed by atoms with E-state index in [0.29, 0.717) is 13.1 Å². The van der Waals surface area contributed by atoms with Gasteiger partial charge in [-0.15, -0.1) is 0 Å². The number of carbonyl (C=O) groups is 1. The number of fused-ring (bicyclic) bond motifs is 1. The third-order valence-corrected chi connectivity index (χ3v) is 6.06. The molecule has 1 aliphatic heterocycles. The predicted octanol–water partition coefficient (Wildman–Crippen LogP) is 6.26. The molecule has 0 unspecified atom stereocenters. The van der Waals surface area contributed by atoms with Crippen molar-refractivity contribution in [3.63, 3.8) is 0 Å². The number of piperidine rings is 1. The zero-order valence-corrected chi connectivity index (χ0v) is 17.9. The quantitative estimate of drug-likeness (QED) is 0.483. The number of nitrogens with zero attached hydrogens (tertiary/aromatic N) is 2. The number of rotatable bonds is 2. The van der Waals surface area contributed by atoms with Crippen LogP contribution in [0.4, 0.5) is 23.7 Å². The van der Waals surface area contributed by atoms with Gasteiger partial charge in [0.2, 0.25) is 0 Å². The van der Waals surface area contributed by atoms with E-state index in [4.69, 9.17) is 16.6 Å². The van der Waals surface area contributed by atoms with Gasteiger partial charge in [-0.3, -0.25) is 0 Å². The van der Waals surface area contributed by atoms with Crippen LogP contribution in [-0.4, -0.2) is 34.0 Å². The van der Waals surface area contributed by atoms with Crippen LogP contribution < -0.4 is 5.32 Å². The van der Waals surface area contributed by atoms with Gasteiger partial charge < -0.3 is 15.2 Å². The van der Waals surface area contributed by atoms with Crippen LogP contribution in [0.5, 0.6) is 0 Å². The largest absolute Gasteiger partial charge is 0.417 e. The number of nitrogens with one attached hydrogen (secondary N) is 2. The minimum Gasteiger partial charge on any atom is -0.342 e. The molecule has 3 aromatic rings. The van der Waals surface area contributed by atoms with E-state index in [1.165, 1.54) is 11.6 Å². The Morgan fingerprint density at radius 2 is 1.97 bits per heavy atom. The number of anilines is 1. The molecule has 0 aliphatic carbocycles. The lowest BCUT2D eigenvalue weighted by Gasteiger charge is -2.32. The molecule has 1 atom stereocenters. The number of amides is 2. The van der Waals surface area contributed by atoms with Gasteiger partial charge in [-0.1, -0.05) is 11.6 Å². The highest BCUT2D eigenvalue weighted by Crippen LogP contribution is 2.36. The first-order chi connectivity index (χ1) is 14.6. The molecule has 2 aromatic carbocycles. The Morgan fingerprint density at radius 3 is 2.71 bits per heavy atom. The molecular weight excluding hydrogens is 429 g/mol. The first-order valence-electron chi connectivity index (χ1n) is 10.0. The van der Waals surface area contributed by atoms with Crippen LogP contribution in [0.1, 0.15) is 41.3 Å². The van der Waals surface area contributed by atoms with Gasteiger partial charge in [0.15, 0.2) is 0 Å². The number of likely N-dealkylation sites (tertiary alicyclic amines) is 1. The average molecular weight is 451 g/mol. The molecule has 9 heteroatoms. The maximum atomic E-state index is 13.1. The fraction of sp³-hybridized carbons (Fsp3) is 0.364. The summed E-state index contributed by atoms with van der Waals surface area (Å²) in [6, 6.07) is 7.01. The summed E-state index contributed by atoms with van der Waals surface area (Å²) in [6.07, 6.45) is -2.94. The van der Waals surface area contributed by atoms with Crippen LogP contribution >= 0.6 is 11.6 Å². The van der Waals surface area contributed by atoms with Gasteiger partial charge in [-0.2, -0.15) is 13.2 Å². The minimum atomic E-state index is -4.59. The first kappa shape index (κ1) is 21.5. The van der Waals surface area contributed by atoms with E-state index < -0.39 is 22.8 Å². The maximum absolute atomic E-state index is 13.1. The highest BCUT2D eigenvalue weighted by atomic mass is 35.5. The van der Waals surface area contributed by atoms with Gasteiger partial charge in [0, 0.05) is 24.7 Å². The van der Waals surface area contributed by atoms with Crippen LogP contribution in [0.15, 0.2) is 30.3 Å². The van der Waals surface area contributed by atoms with E-state index in [1.807, 2.05) is 19.9 Å². The van der Waals surface area contributed by atoms with Crippen LogP contribution in [0.3, 0.4) is 0 Å². The Hall–Kier alpha value is -2.74. The number of benzene rings is 2. The molecular formula is C22H22ClF3N4O. The highest BCUT2D eigenvalue weighted by molar-refractivity contribution is 6.31. The van der Waals surface area contributed by atoms with Crippen LogP contribution in [-0.2, 0) is 6.18 Å². The topological polar surface area (TPSA) is 61.0 Å². The summed E-state index contributed by atoms with van der Waals surface area (Å²) in [6.45, 7) is 5.05. The standard InChI is InChI=1S/C22H22ClF3N4O/c1-12-8-18-19(9-13(12)2)29-20(28-18)14-4-3-7-30(11-14)21(31)27-15-5-6-17(23)16(10-15)22(24,25)26/h5-6,8-10,14H,3-4,7,11H2,1-2H3,(H,27,31)(H,28,29)/t14-/m0/s1. The van der Waals surface area contributed by atoms with Crippen LogP contribution in [0.25, 0.3) is 11.0 Å². The van der Waals surface area contributed by atoms with Crippen LogP contribution in [0, 0.1) is 13.8 Å². The fourth-order valence-electron chi connectivity index (χ4n) is 3.89. The second-order valence-corrected chi connectivity index (χ2v) is 8.39. The Balaban J connectivity index is 1.49. The Kier molecular flexibility index (Phi) is 5.60. The summed E-state index contributed by atoms with van der Waals surface area (Å²) >= 11 is 5.65. The molecule has 31 heavy (non-hydrogen) atoms. The molecule has 5 nitrogen and oxygen atoms in total. The number of aromatic amines is 1. The lowest BCUT2D eigenvalue weighted by molar-refractivity contribution is -0.137. The summed E-state index contributed by atoms with van der Waals surface area (Å²) < 4.78 is 39.2. The number of H-pyrrole nitrogens is 1. The fourth-order valence-corrected chi connectivity index (χ4v) is 4.11. The van der Waals surface area contributed by atoms with E-state index in [2.05, 4.69) is 16.4 Å². The molecule has 1 fully saturated rings. The van der Waals surface area contributed by atoms with Gasteiger partial charge in [-0.25, -0.2) is 9.78 Å². The molecule has 4 rings (SSSR count). The van der Waals surface area contributed by atoms with Crippen molar-refractivity contribution < 1.29 is 18.0 Å². The van der Waals surface area contributed by atoms with Crippen molar-refractivity contribution in [3.8, 4) is 0 Å². The van der Waals surface area contributed by atoms with Gasteiger partial charge in [0.05, 0.1) is 21.6 Å². The number of imidazole rings is 1. The monoisotopic (exact) mass is 450 g/mol. The Morgan fingerprint density at radius 1 is 1.23 bits per heavy atom. The summed E-state index contributed by atoms with van der Waals surface area (Å²) in [5, 5.41) is 2.16. The predicted molar refractivity (Wildman–Crippen MR) is 115 cm³/mol. The van der Waals surface area contributed by atoms with Crippen molar-refractivity contribution >= 4 is 34.4 Å². The highest BCUT2D eigenvalue weighted by Gasteiger charge is 2.34.